The topological polar surface area (TPSA) is 64.0 Å². The number of sulfone groups is 1. The second kappa shape index (κ2) is 4.91. The predicted molar refractivity (Wildman–Crippen MR) is 72.6 cm³/mol. The van der Waals surface area contributed by atoms with Crippen molar-refractivity contribution in [3.05, 3.63) is 11.9 Å². The molecular weight excluding hydrogens is 250 g/mol. The molecule has 1 aromatic heterocycles. The Morgan fingerprint density at radius 3 is 2.83 bits per heavy atom. The van der Waals surface area contributed by atoms with Crippen molar-refractivity contribution in [3.63, 3.8) is 0 Å². The molecule has 1 N–H and O–H groups in total. The summed E-state index contributed by atoms with van der Waals surface area (Å²) in [4.78, 5) is 4.40. The highest BCUT2D eigenvalue weighted by molar-refractivity contribution is 7.92. The first kappa shape index (κ1) is 13.4. The average Bonchev–Trinajstić information content (AvgIpc) is 2.78. The van der Waals surface area contributed by atoms with Gasteiger partial charge < -0.3 is 9.88 Å². The molecule has 1 unspecified atom stereocenters. The van der Waals surface area contributed by atoms with Crippen molar-refractivity contribution in [1.82, 2.24) is 9.55 Å². The molecule has 0 aliphatic carbocycles. The van der Waals surface area contributed by atoms with Gasteiger partial charge in [-0.2, -0.15) is 0 Å². The summed E-state index contributed by atoms with van der Waals surface area (Å²) >= 11 is 0. The minimum atomic E-state index is -2.88. The smallest absolute Gasteiger partial charge is 0.203 e. The summed E-state index contributed by atoms with van der Waals surface area (Å²) in [5.74, 6) is 1.10. The van der Waals surface area contributed by atoms with E-state index in [4.69, 9.17) is 0 Å². The SMILES string of the molecule is Cc1cn(C(C)C)c(NCC2CCCS2(=O)=O)n1. The second-order valence-electron chi connectivity index (χ2n) is 5.22. The van der Waals surface area contributed by atoms with Gasteiger partial charge in [-0.1, -0.05) is 0 Å². The fraction of sp³-hybridized carbons (Fsp3) is 0.750. The first-order chi connectivity index (χ1) is 8.40. The van der Waals surface area contributed by atoms with Gasteiger partial charge in [-0.15, -0.1) is 0 Å². The van der Waals surface area contributed by atoms with Crippen LogP contribution in [0.4, 0.5) is 5.95 Å². The lowest BCUT2D eigenvalue weighted by Crippen LogP contribution is -2.26. The van der Waals surface area contributed by atoms with E-state index in [1.54, 1.807) is 0 Å². The Hall–Kier alpha value is -1.04. The van der Waals surface area contributed by atoms with Crippen LogP contribution in [0.1, 0.15) is 38.4 Å². The zero-order valence-electron chi connectivity index (χ0n) is 11.2. The van der Waals surface area contributed by atoms with Crippen LogP contribution in [-0.2, 0) is 9.84 Å². The van der Waals surface area contributed by atoms with E-state index < -0.39 is 9.84 Å². The summed E-state index contributed by atoms with van der Waals surface area (Å²) < 4.78 is 25.5. The minimum absolute atomic E-state index is 0.255. The first-order valence-corrected chi connectivity index (χ1v) is 8.12. The summed E-state index contributed by atoms with van der Waals surface area (Å²) in [5.41, 5.74) is 0.945. The number of hydrogen-bond acceptors (Lipinski definition) is 4. The van der Waals surface area contributed by atoms with Crippen LogP contribution in [0.2, 0.25) is 0 Å². The van der Waals surface area contributed by atoms with Gasteiger partial charge in [-0.3, -0.25) is 0 Å². The number of imidazole rings is 1. The van der Waals surface area contributed by atoms with Crippen LogP contribution in [-0.4, -0.2) is 35.5 Å². The molecule has 1 atom stereocenters. The Balaban J connectivity index is 2.06. The summed E-state index contributed by atoms with van der Waals surface area (Å²) in [6, 6.07) is 0.314. The third kappa shape index (κ3) is 2.68. The van der Waals surface area contributed by atoms with E-state index >= 15 is 0 Å². The third-order valence-electron chi connectivity index (χ3n) is 3.36. The zero-order chi connectivity index (χ0) is 13.3. The van der Waals surface area contributed by atoms with Crippen LogP contribution in [0.3, 0.4) is 0 Å². The molecule has 5 nitrogen and oxygen atoms in total. The van der Waals surface area contributed by atoms with Gasteiger partial charge in [0, 0.05) is 18.8 Å². The highest BCUT2D eigenvalue weighted by atomic mass is 32.2. The van der Waals surface area contributed by atoms with Crippen LogP contribution in [0.25, 0.3) is 0 Å². The van der Waals surface area contributed by atoms with Crippen LogP contribution in [0, 0.1) is 6.92 Å². The Bertz CT molecular complexity index is 519. The van der Waals surface area contributed by atoms with E-state index in [-0.39, 0.29) is 5.25 Å². The maximum absolute atomic E-state index is 11.7. The van der Waals surface area contributed by atoms with Crippen LogP contribution >= 0.6 is 0 Å². The maximum Gasteiger partial charge on any atom is 0.203 e. The Morgan fingerprint density at radius 1 is 1.56 bits per heavy atom. The molecule has 0 amide bonds. The Morgan fingerprint density at radius 2 is 2.28 bits per heavy atom. The van der Waals surface area contributed by atoms with E-state index in [1.165, 1.54) is 0 Å². The van der Waals surface area contributed by atoms with E-state index in [0.717, 1.165) is 24.5 Å². The van der Waals surface area contributed by atoms with Gasteiger partial charge in [0.05, 0.1) is 16.7 Å². The van der Waals surface area contributed by atoms with Crippen molar-refractivity contribution >= 4 is 15.8 Å². The quantitative estimate of drug-likeness (QED) is 0.906. The fourth-order valence-corrected chi connectivity index (χ4v) is 4.10. The molecule has 102 valence electrons. The van der Waals surface area contributed by atoms with Crippen molar-refractivity contribution in [3.8, 4) is 0 Å². The summed E-state index contributed by atoms with van der Waals surface area (Å²) in [5, 5.41) is 2.93. The maximum atomic E-state index is 11.7. The zero-order valence-corrected chi connectivity index (χ0v) is 12.0. The molecule has 1 aromatic rings. The van der Waals surface area contributed by atoms with E-state index in [2.05, 4.69) is 24.1 Å². The largest absolute Gasteiger partial charge is 0.354 e. The van der Waals surface area contributed by atoms with Crippen molar-refractivity contribution < 1.29 is 8.42 Å². The van der Waals surface area contributed by atoms with E-state index in [0.29, 0.717) is 18.3 Å². The fourth-order valence-electron chi connectivity index (χ4n) is 2.33. The van der Waals surface area contributed by atoms with Crippen molar-refractivity contribution in [1.29, 1.82) is 0 Å². The second-order valence-corrected chi connectivity index (χ2v) is 7.62. The monoisotopic (exact) mass is 271 g/mol. The molecule has 1 aliphatic rings. The lowest BCUT2D eigenvalue weighted by atomic mass is 10.2. The number of aromatic nitrogens is 2. The first-order valence-electron chi connectivity index (χ1n) is 6.41. The van der Waals surface area contributed by atoms with Crippen LogP contribution in [0.15, 0.2) is 6.20 Å². The van der Waals surface area contributed by atoms with Gasteiger partial charge >= 0.3 is 0 Å². The third-order valence-corrected chi connectivity index (χ3v) is 5.64. The van der Waals surface area contributed by atoms with Gasteiger partial charge in [0.15, 0.2) is 9.84 Å². The number of hydrogen-bond donors (Lipinski definition) is 1. The molecule has 0 saturated carbocycles. The van der Waals surface area contributed by atoms with Crippen molar-refractivity contribution in [2.75, 3.05) is 17.6 Å². The predicted octanol–water partition coefficient (Wildman–Crippen LogP) is 1.76. The van der Waals surface area contributed by atoms with Gasteiger partial charge in [0.25, 0.3) is 0 Å². The van der Waals surface area contributed by atoms with E-state index in [1.807, 2.05) is 17.7 Å². The lowest BCUT2D eigenvalue weighted by molar-refractivity contribution is 0.588. The molecule has 0 bridgehead atoms. The number of nitrogens with one attached hydrogen (secondary N) is 1. The number of nitrogens with zero attached hydrogens (tertiary/aromatic N) is 2. The Kier molecular flexibility index (Phi) is 3.66. The average molecular weight is 271 g/mol. The standard InChI is InChI=1S/C12H21N3O2S/c1-9(2)15-8-10(3)14-12(15)13-7-11-5-4-6-18(11,16)17/h8-9,11H,4-7H2,1-3H3,(H,13,14). The summed E-state index contributed by atoms with van der Waals surface area (Å²) in [6.07, 6.45) is 3.53. The molecule has 1 aliphatic heterocycles. The molecular formula is C12H21N3O2S. The van der Waals surface area contributed by atoms with Gasteiger partial charge in [0.1, 0.15) is 0 Å². The summed E-state index contributed by atoms with van der Waals surface area (Å²) in [6.45, 7) is 6.57. The van der Waals surface area contributed by atoms with Gasteiger partial charge in [-0.05, 0) is 33.6 Å². The van der Waals surface area contributed by atoms with Gasteiger partial charge in [-0.25, -0.2) is 13.4 Å². The van der Waals surface area contributed by atoms with Crippen molar-refractivity contribution in [2.24, 2.45) is 0 Å². The number of anilines is 1. The van der Waals surface area contributed by atoms with Crippen LogP contribution in [0.5, 0.6) is 0 Å². The van der Waals surface area contributed by atoms with Crippen molar-refractivity contribution in [2.45, 2.75) is 44.9 Å². The molecule has 0 aromatic carbocycles. The van der Waals surface area contributed by atoms with Crippen LogP contribution < -0.4 is 5.32 Å². The number of aryl methyl sites for hydroxylation is 1. The minimum Gasteiger partial charge on any atom is -0.354 e. The molecule has 1 fully saturated rings. The normalized spacial score (nSPS) is 22.6. The highest BCUT2D eigenvalue weighted by Gasteiger charge is 2.31. The molecule has 18 heavy (non-hydrogen) atoms. The lowest BCUT2D eigenvalue weighted by Gasteiger charge is -2.15. The van der Waals surface area contributed by atoms with Gasteiger partial charge in [0.2, 0.25) is 5.95 Å². The molecule has 0 spiro atoms. The van der Waals surface area contributed by atoms with E-state index in [9.17, 15) is 8.42 Å². The molecule has 0 radical (unpaired) electrons. The molecule has 2 heterocycles. The molecule has 6 heteroatoms. The highest BCUT2D eigenvalue weighted by Crippen LogP contribution is 2.21. The summed E-state index contributed by atoms with van der Waals surface area (Å²) in [7, 11) is -2.88. The molecule has 2 rings (SSSR count). The molecule has 1 saturated heterocycles. The number of rotatable bonds is 4. The Labute approximate surface area is 109 Å².